The number of para-hydroxylation sites is 2. The molecule has 3 rings (SSSR count). The van der Waals surface area contributed by atoms with E-state index in [2.05, 4.69) is 5.32 Å². The highest BCUT2D eigenvalue weighted by atomic mass is 16.5. The first-order chi connectivity index (χ1) is 13.2. The summed E-state index contributed by atoms with van der Waals surface area (Å²) in [6.07, 6.45) is 2.87. The van der Waals surface area contributed by atoms with Crippen molar-refractivity contribution >= 4 is 11.8 Å². The van der Waals surface area contributed by atoms with E-state index in [1.807, 2.05) is 18.2 Å². The second kappa shape index (κ2) is 9.12. The zero-order valence-corrected chi connectivity index (χ0v) is 15.3. The number of carbonyl (C=O) groups excluding carboxylic acids is 2. The van der Waals surface area contributed by atoms with Gasteiger partial charge >= 0.3 is 0 Å². The molecule has 144 valence electrons. The van der Waals surface area contributed by atoms with Gasteiger partial charge in [0.25, 0.3) is 5.91 Å². The Hall–Kier alpha value is -2.96. The monoisotopic (exact) mass is 372 g/mol. The van der Waals surface area contributed by atoms with Crippen molar-refractivity contribution in [3.8, 4) is 11.5 Å². The number of hydrogen-bond donors (Lipinski definition) is 1. The summed E-state index contributed by atoms with van der Waals surface area (Å²) in [4.78, 5) is 26.4. The lowest BCUT2D eigenvalue weighted by atomic mass is 9.96. The minimum atomic E-state index is -0.0876. The third-order valence-electron chi connectivity index (χ3n) is 4.66. The van der Waals surface area contributed by atoms with Crippen molar-refractivity contribution in [3.05, 3.63) is 48.4 Å². The second-order valence-electron chi connectivity index (χ2n) is 6.39. The van der Waals surface area contributed by atoms with Crippen LogP contribution in [0.1, 0.15) is 18.6 Å². The first-order valence-electron chi connectivity index (χ1n) is 9.01. The fourth-order valence-corrected chi connectivity index (χ4v) is 3.09. The van der Waals surface area contributed by atoms with Crippen molar-refractivity contribution in [2.45, 2.75) is 19.4 Å². The van der Waals surface area contributed by atoms with Crippen LogP contribution in [0.3, 0.4) is 0 Å². The molecule has 2 aromatic rings. The summed E-state index contributed by atoms with van der Waals surface area (Å²) in [5, 5.41) is 2.88. The zero-order chi connectivity index (χ0) is 19.1. The largest absolute Gasteiger partial charge is 0.493 e. The topological polar surface area (TPSA) is 81.0 Å². The van der Waals surface area contributed by atoms with Crippen molar-refractivity contribution in [3.63, 3.8) is 0 Å². The van der Waals surface area contributed by atoms with Crippen LogP contribution in [0.4, 0.5) is 0 Å². The van der Waals surface area contributed by atoms with Gasteiger partial charge in [-0.25, -0.2) is 0 Å². The van der Waals surface area contributed by atoms with Gasteiger partial charge in [-0.1, -0.05) is 12.1 Å². The predicted octanol–water partition coefficient (Wildman–Crippen LogP) is 2.22. The van der Waals surface area contributed by atoms with Gasteiger partial charge in [0.05, 0.1) is 19.9 Å². The summed E-state index contributed by atoms with van der Waals surface area (Å²) in [5.74, 6) is 1.69. The van der Waals surface area contributed by atoms with E-state index in [0.29, 0.717) is 44.0 Å². The highest BCUT2D eigenvalue weighted by molar-refractivity contribution is 5.80. The van der Waals surface area contributed by atoms with Crippen LogP contribution in [0.25, 0.3) is 0 Å². The van der Waals surface area contributed by atoms with Crippen molar-refractivity contribution in [1.82, 2.24) is 10.2 Å². The first kappa shape index (κ1) is 18.8. The molecule has 0 atom stereocenters. The number of hydrogen-bond acceptors (Lipinski definition) is 5. The number of nitrogens with zero attached hydrogens (tertiary/aromatic N) is 1. The Bertz CT molecular complexity index is 751. The van der Waals surface area contributed by atoms with Gasteiger partial charge in [0, 0.05) is 19.0 Å². The van der Waals surface area contributed by atoms with Crippen LogP contribution in [0.15, 0.2) is 47.1 Å². The summed E-state index contributed by atoms with van der Waals surface area (Å²) in [5.41, 5.74) is 0. The Balaban J connectivity index is 1.41. The molecule has 0 unspecified atom stereocenters. The smallest absolute Gasteiger partial charge is 0.260 e. The van der Waals surface area contributed by atoms with E-state index < -0.39 is 0 Å². The molecule has 2 amide bonds. The van der Waals surface area contributed by atoms with Gasteiger partial charge in [0.2, 0.25) is 5.91 Å². The van der Waals surface area contributed by atoms with Gasteiger partial charge in [-0.2, -0.15) is 0 Å². The Morgan fingerprint density at radius 1 is 1.15 bits per heavy atom. The Labute approximate surface area is 158 Å². The molecule has 1 N–H and O–H groups in total. The first-order valence-corrected chi connectivity index (χ1v) is 9.01. The summed E-state index contributed by atoms with van der Waals surface area (Å²) in [6, 6.07) is 10.8. The molecule has 1 fully saturated rings. The Kier molecular flexibility index (Phi) is 6.35. The molecule has 0 aliphatic carbocycles. The number of carbonyl (C=O) groups is 2. The lowest BCUT2D eigenvalue weighted by Crippen LogP contribution is -2.44. The fraction of sp³-hybridized carbons (Fsp3) is 0.400. The second-order valence-corrected chi connectivity index (χ2v) is 6.39. The molecular weight excluding hydrogens is 348 g/mol. The van der Waals surface area contributed by atoms with Crippen molar-refractivity contribution < 1.29 is 23.5 Å². The molecular formula is C20H24N2O5. The number of rotatable bonds is 7. The van der Waals surface area contributed by atoms with E-state index in [0.717, 1.165) is 5.76 Å². The molecule has 1 saturated heterocycles. The summed E-state index contributed by atoms with van der Waals surface area (Å²) >= 11 is 0. The minimum Gasteiger partial charge on any atom is -0.493 e. The zero-order valence-electron chi connectivity index (χ0n) is 15.3. The van der Waals surface area contributed by atoms with E-state index in [1.165, 1.54) is 0 Å². The number of piperidine rings is 1. The molecule has 0 spiro atoms. The van der Waals surface area contributed by atoms with E-state index in [9.17, 15) is 9.59 Å². The van der Waals surface area contributed by atoms with E-state index in [-0.39, 0.29) is 24.3 Å². The van der Waals surface area contributed by atoms with Crippen LogP contribution >= 0.6 is 0 Å². The molecule has 0 bridgehead atoms. The molecule has 1 aromatic carbocycles. The number of benzene rings is 1. The quantitative estimate of drug-likeness (QED) is 0.806. The van der Waals surface area contributed by atoms with Gasteiger partial charge in [0.1, 0.15) is 5.76 Å². The maximum Gasteiger partial charge on any atom is 0.260 e. The van der Waals surface area contributed by atoms with Gasteiger partial charge in [-0.3, -0.25) is 9.59 Å². The normalized spacial score (nSPS) is 14.6. The van der Waals surface area contributed by atoms with E-state index >= 15 is 0 Å². The number of likely N-dealkylation sites (tertiary alicyclic amines) is 1. The van der Waals surface area contributed by atoms with Gasteiger partial charge in [-0.15, -0.1) is 0 Å². The molecule has 1 aromatic heterocycles. The maximum absolute atomic E-state index is 12.4. The molecule has 27 heavy (non-hydrogen) atoms. The molecule has 0 saturated carbocycles. The van der Waals surface area contributed by atoms with Crippen LogP contribution in [0.5, 0.6) is 11.5 Å². The average Bonchev–Trinajstić information content (AvgIpc) is 3.24. The summed E-state index contributed by atoms with van der Waals surface area (Å²) in [6.45, 7) is 1.44. The molecule has 7 heteroatoms. The molecule has 2 heterocycles. The van der Waals surface area contributed by atoms with Crippen molar-refractivity contribution in [2.24, 2.45) is 5.92 Å². The lowest BCUT2D eigenvalue weighted by molar-refractivity contribution is -0.137. The Morgan fingerprint density at radius 2 is 1.89 bits per heavy atom. The van der Waals surface area contributed by atoms with Crippen LogP contribution in [0.2, 0.25) is 0 Å². The SMILES string of the molecule is COc1ccccc1OCC(=O)N1CCC(C(=O)NCc2ccco2)CC1. The molecule has 0 radical (unpaired) electrons. The average molecular weight is 372 g/mol. The lowest BCUT2D eigenvalue weighted by Gasteiger charge is -2.31. The predicted molar refractivity (Wildman–Crippen MR) is 98.3 cm³/mol. The van der Waals surface area contributed by atoms with Crippen LogP contribution in [-0.2, 0) is 16.1 Å². The van der Waals surface area contributed by atoms with Crippen molar-refractivity contribution in [1.29, 1.82) is 0 Å². The summed E-state index contributed by atoms with van der Waals surface area (Å²) in [7, 11) is 1.56. The van der Waals surface area contributed by atoms with E-state index in [1.54, 1.807) is 36.5 Å². The van der Waals surface area contributed by atoms with Gasteiger partial charge in [-0.05, 0) is 37.1 Å². The number of nitrogens with one attached hydrogen (secondary N) is 1. The van der Waals surface area contributed by atoms with Crippen LogP contribution in [-0.4, -0.2) is 43.5 Å². The standard InChI is InChI=1S/C20H24N2O5/c1-25-17-6-2-3-7-18(17)27-14-19(23)22-10-8-15(9-11-22)20(24)21-13-16-5-4-12-26-16/h2-7,12,15H,8-11,13-14H2,1H3,(H,21,24). The highest BCUT2D eigenvalue weighted by Gasteiger charge is 2.27. The molecule has 1 aliphatic heterocycles. The van der Waals surface area contributed by atoms with E-state index in [4.69, 9.17) is 13.9 Å². The minimum absolute atomic E-state index is 0.00349. The number of furan rings is 1. The summed E-state index contributed by atoms with van der Waals surface area (Å²) < 4.78 is 16.0. The Morgan fingerprint density at radius 3 is 2.56 bits per heavy atom. The van der Waals surface area contributed by atoms with Gasteiger partial charge in [0.15, 0.2) is 18.1 Å². The van der Waals surface area contributed by atoms with Crippen LogP contribution in [0, 0.1) is 5.92 Å². The third-order valence-corrected chi connectivity index (χ3v) is 4.66. The molecule has 7 nitrogen and oxygen atoms in total. The van der Waals surface area contributed by atoms with Crippen LogP contribution < -0.4 is 14.8 Å². The number of methoxy groups -OCH3 is 1. The van der Waals surface area contributed by atoms with Crippen molar-refractivity contribution in [2.75, 3.05) is 26.8 Å². The third kappa shape index (κ3) is 5.03. The highest BCUT2D eigenvalue weighted by Crippen LogP contribution is 2.26. The molecule has 1 aliphatic rings. The fourth-order valence-electron chi connectivity index (χ4n) is 3.09. The number of ether oxygens (including phenoxy) is 2. The van der Waals surface area contributed by atoms with Gasteiger partial charge < -0.3 is 24.1 Å². The number of amides is 2. The maximum atomic E-state index is 12.4.